The average Bonchev–Trinajstić information content (AvgIpc) is 3.14. The van der Waals surface area contributed by atoms with E-state index in [2.05, 4.69) is 15.5 Å². The summed E-state index contributed by atoms with van der Waals surface area (Å²) >= 11 is 5.97. The molecule has 0 saturated heterocycles. The normalized spacial score (nSPS) is 11.8. The van der Waals surface area contributed by atoms with E-state index in [-0.39, 0.29) is 12.6 Å². The quantitative estimate of drug-likeness (QED) is 0.652. The molecule has 0 radical (unpaired) electrons. The lowest BCUT2D eigenvalue weighted by atomic mass is 10.1. The lowest BCUT2D eigenvalue weighted by molar-refractivity contribution is 0.189. The van der Waals surface area contributed by atoms with Crippen molar-refractivity contribution in [1.29, 1.82) is 0 Å². The van der Waals surface area contributed by atoms with Crippen LogP contribution in [-0.2, 0) is 0 Å². The van der Waals surface area contributed by atoms with Crippen LogP contribution in [0.3, 0.4) is 0 Å². The van der Waals surface area contributed by atoms with Gasteiger partial charge in [-0.15, -0.1) is 0 Å². The second-order valence-corrected chi connectivity index (χ2v) is 5.91. The van der Waals surface area contributed by atoms with E-state index in [0.29, 0.717) is 27.9 Å². The first-order valence-corrected chi connectivity index (χ1v) is 8.21. The number of hydrogen-bond acceptors (Lipinski definition) is 7. The fourth-order valence-corrected chi connectivity index (χ4v) is 2.55. The zero-order chi connectivity index (χ0) is 18.5. The number of aromatic nitrogens is 2. The van der Waals surface area contributed by atoms with E-state index in [1.807, 2.05) is 6.07 Å². The Bertz CT molecular complexity index is 862. The molecule has 8 heteroatoms. The van der Waals surface area contributed by atoms with Gasteiger partial charge in [0.1, 0.15) is 11.5 Å². The minimum atomic E-state index is -0.819. The fraction of sp³-hybridized carbons (Fsp3) is 0.222. The van der Waals surface area contributed by atoms with Crippen LogP contribution in [0.15, 0.2) is 47.0 Å². The van der Waals surface area contributed by atoms with Crippen LogP contribution in [0.5, 0.6) is 11.5 Å². The highest BCUT2D eigenvalue weighted by molar-refractivity contribution is 6.30. The van der Waals surface area contributed by atoms with Crippen LogP contribution < -0.4 is 14.8 Å². The number of ether oxygens (including phenoxy) is 2. The Morgan fingerprint density at radius 1 is 1.15 bits per heavy atom. The first-order chi connectivity index (χ1) is 12.6. The zero-order valence-corrected chi connectivity index (χ0v) is 15.0. The van der Waals surface area contributed by atoms with Crippen molar-refractivity contribution in [3.63, 3.8) is 0 Å². The van der Waals surface area contributed by atoms with Gasteiger partial charge in [-0.25, -0.2) is 0 Å². The summed E-state index contributed by atoms with van der Waals surface area (Å²) in [5.74, 6) is 1.60. The first-order valence-electron chi connectivity index (χ1n) is 7.83. The minimum Gasteiger partial charge on any atom is -0.497 e. The van der Waals surface area contributed by atoms with Crippen molar-refractivity contribution < 1.29 is 19.1 Å². The number of hydrogen-bond donors (Lipinski definition) is 2. The topological polar surface area (TPSA) is 89.6 Å². The summed E-state index contributed by atoms with van der Waals surface area (Å²) in [5.41, 5.74) is 1.38. The molecule has 0 aliphatic heterocycles. The monoisotopic (exact) mass is 375 g/mol. The second-order valence-electron chi connectivity index (χ2n) is 5.48. The molecule has 0 aliphatic rings. The van der Waals surface area contributed by atoms with Crippen LogP contribution in [0, 0.1) is 0 Å². The van der Waals surface area contributed by atoms with E-state index in [4.69, 9.17) is 25.6 Å². The molecule has 7 nitrogen and oxygen atoms in total. The van der Waals surface area contributed by atoms with E-state index in [9.17, 15) is 5.11 Å². The zero-order valence-electron chi connectivity index (χ0n) is 14.3. The summed E-state index contributed by atoms with van der Waals surface area (Å²) in [6.07, 6.45) is -0.819. The molecule has 26 heavy (non-hydrogen) atoms. The van der Waals surface area contributed by atoms with Gasteiger partial charge in [-0.1, -0.05) is 28.9 Å². The van der Waals surface area contributed by atoms with Crippen LogP contribution in [-0.4, -0.2) is 36.0 Å². The third kappa shape index (κ3) is 4.25. The molecule has 1 atom stereocenters. The number of aliphatic hydroxyl groups excluding tert-OH is 1. The van der Waals surface area contributed by atoms with Gasteiger partial charge >= 0.3 is 6.01 Å². The van der Waals surface area contributed by atoms with Crippen molar-refractivity contribution in [3.8, 4) is 22.9 Å². The second kappa shape index (κ2) is 8.07. The smallest absolute Gasteiger partial charge is 0.321 e. The van der Waals surface area contributed by atoms with E-state index < -0.39 is 6.10 Å². The Labute approximate surface area is 155 Å². The number of rotatable bonds is 7. The average molecular weight is 376 g/mol. The lowest BCUT2D eigenvalue weighted by Gasteiger charge is -2.13. The molecule has 0 spiro atoms. The van der Waals surface area contributed by atoms with Gasteiger partial charge in [0.2, 0.25) is 5.82 Å². The maximum atomic E-state index is 10.4. The highest BCUT2D eigenvalue weighted by Crippen LogP contribution is 2.27. The molecule has 0 bridgehead atoms. The Hall–Kier alpha value is -2.77. The molecule has 1 aromatic heterocycles. The minimum absolute atomic E-state index is 0.174. The Balaban J connectivity index is 1.68. The number of aliphatic hydroxyl groups is 1. The number of halogens is 1. The third-order valence-electron chi connectivity index (χ3n) is 3.71. The van der Waals surface area contributed by atoms with E-state index in [1.54, 1.807) is 50.6 Å². The number of benzene rings is 2. The van der Waals surface area contributed by atoms with Gasteiger partial charge in [0.15, 0.2) is 0 Å². The molecule has 1 heterocycles. The van der Waals surface area contributed by atoms with Crippen LogP contribution in [0.25, 0.3) is 11.4 Å². The van der Waals surface area contributed by atoms with Gasteiger partial charge in [-0.3, -0.25) is 0 Å². The number of nitrogens with zero attached hydrogens (tertiary/aromatic N) is 2. The summed E-state index contributed by atoms with van der Waals surface area (Å²) in [7, 11) is 3.11. The molecule has 0 saturated carbocycles. The summed E-state index contributed by atoms with van der Waals surface area (Å²) < 4.78 is 15.6. The molecular weight excluding hydrogens is 358 g/mol. The van der Waals surface area contributed by atoms with Gasteiger partial charge in [0.25, 0.3) is 0 Å². The van der Waals surface area contributed by atoms with Gasteiger partial charge < -0.3 is 24.4 Å². The summed E-state index contributed by atoms with van der Waals surface area (Å²) in [6.45, 7) is 0.174. The number of anilines is 1. The molecule has 0 aliphatic carbocycles. The van der Waals surface area contributed by atoms with Crippen LogP contribution in [0.1, 0.15) is 11.7 Å². The first kappa shape index (κ1) is 18.0. The summed E-state index contributed by atoms with van der Waals surface area (Å²) in [6, 6.07) is 12.6. The summed E-state index contributed by atoms with van der Waals surface area (Å²) in [5, 5.41) is 17.8. The third-order valence-corrected chi connectivity index (χ3v) is 3.95. The SMILES string of the molecule is COc1cc(OC)cc(C(O)CNc2nc(-c3cccc(Cl)c3)no2)c1. The maximum Gasteiger partial charge on any atom is 0.321 e. The van der Waals surface area contributed by atoms with E-state index in [1.165, 1.54) is 0 Å². The Morgan fingerprint density at radius 3 is 2.54 bits per heavy atom. The van der Waals surface area contributed by atoms with Crippen LogP contribution in [0.4, 0.5) is 6.01 Å². The molecule has 2 aromatic carbocycles. The molecule has 1 unspecified atom stereocenters. The highest BCUT2D eigenvalue weighted by atomic mass is 35.5. The van der Waals surface area contributed by atoms with E-state index in [0.717, 1.165) is 5.56 Å². The van der Waals surface area contributed by atoms with Gasteiger partial charge in [0.05, 0.1) is 20.3 Å². The van der Waals surface area contributed by atoms with E-state index >= 15 is 0 Å². The molecule has 3 rings (SSSR count). The highest BCUT2D eigenvalue weighted by Gasteiger charge is 2.14. The Kier molecular flexibility index (Phi) is 5.60. The number of methoxy groups -OCH3 is 2. The summed E-state index contributed by atoms with van der Waals surface area (Å²) in [4.78, 5) is 4.25. The van der Waals surface area contributed by atoms with Crippen LogP contribution >= 0.6 is 11.6 Å². The van der Waals surface area contributed by atoms with Crippen molar-refractivity contribution >= 4 is 17.6 Å². The van der Waals surface area contributed by atoms with Crippen molar-refractivity contribution in [2.45, 2.75) is 6.10 Å². The predicted octanol–water partition coefficient (Wildman–Crippen LogP) is 3.55. The van der Waals surface area contributed by atoms with Gasteiger partial charge in [-0.05, 0) is 29.8 Å². The van der Waals surface area contributed by atoms with Crippen molar-refractivity contribution in [3.05, 3.63) is 53.1 Å². The van der Waals surface area contributed by atoms with Crippen LogP contribution in [0.2, 0.25) is 5.02 Å². The van der Waals surface area contributed by atoms with Crippen molar-refractivity contribution in [2.75, 3.05) is 26.1 Å². The molecule has 3 aromatic rings. The maximum absolute atomic E-state index is 10.4. The van der Waals surface area contributed by atoms with Crippen molar-refractivity contribution in [2.24, 2.45) is 0 Å². The molecule has 0 amide bonds. The Morgan fingerprint density at radius 2 is 1.88 bits per heavy atom. The largest absolute Gasteiger partial charge is 0.497 e. The lowest BCUT2D eigenvalue weighted by Crippen LogP contribution is -2.12. The van der Waals surface area contributed by atoms with Gasteiger partial charge in [-0.2, -0.15) is 4.98 Å². The predicted molar refractivity (Wildman–Crippen MR) is 97.7 cm³/mol. The number of nitrogens with one attached hydrogen (secondary N) is 1. The molecule has 2 N–H and O–H groups in total. The fourth-order valence-electron chi connectivity index (χ4n) is 2.36. The standard InChI is InChI=1S/C18H18ClN3O4/c1-24-14-7-12(8-15(9-14)25-2)16(23)10-20-18-21-17(22-26-18)11-4-3-5-13(19)6-11/h3-9,16,23H,10H2,1-2H3,(H,20,21,22). The molecule has 0 fully saturated rings. The van der Waals surface area contributed by atoms with Gasteiger partial charge in [0, 0.05) is 23.2 Å². The van der Waals surface area contributed by atoms with Crippen molar-refractivity contribution in [1.82, 2.24) is 10.1 Å². The molecule has 136 valence electrons. The molecular formula is C18H18ClN3O4.